The lowest BCUT2D eigenvalue weighted by Gasteiger charge is -2.26. The normalized spacial score (nSPS) is 14.0. The minimum Gasteiger partial charge on any atom is -0.326 e. The van der Waals surface area contributed by atoms with Gasteiger partial charge in [0.2, 0.25) is 11.8 Å². The topological polar surface area (TPSA) is 49.4 Å². The highest BCUT2D eigenvalue weighted by atomic mass is 32.2. The third-order valence-electron chi connectivity index (χ3n) is 4.96. The lowest BCUT2D eigenvalue weighted by atomic mass is 10.2. The minimum absolute atomic E-state index is 0.00446. The fraction of sp³-hybridized carbons (Fsp3) is 0.200. The summed E-state index contributed by atoms with van der Waals surface area (Å²) in [6, 6.07) is 27.1. The number of carbonyl (C=O) groups excluding carboxylic acids is 2. The molecule has 0 heterocycles. The number of nitrogens with one attached hydrogen (secondary N) is 1. The number of amides is 2. The molecule has 3 aromatic carbocycles. The molecule has 0 spiro atoms. The second kappa shape index (κ2) is 9.18. The number of nitrogens with zero attached hydrogens (tertiary/aromatic N) is 1. The Balaban J connectivity index is 1.52. The highest BCUT2D eigenvalue weighted by molar-refractivity contribution is 8.00. The van der Waals surface area contributed by atoms with Crippen LogP contribution in [0.15, 0.2) is 89.8 Å². The lowest BCUT2D eigenvalue weighted by molar-refractivity contribution is -0.118. The minimum atomic E-state index is -0.306. The maximum Gasteiger partial charge on any atom is 0.244 e. The van der Waals surface area contributed by atoms with E-state index in [1.807, 2.05) is 91.9 Å². The fourth-order valence-corrected chi connectivity index (χ4v) is 4.20. The number of para-hydroxylation sites is 2. The highest BCUT2D eigenvalue weighted by Crippen LogP contribution is 2.33. The molecule has 1 saturated carbocycles. The molecule has 0 saturated heterocycles. The second-order valence-corrected chi connectivity index (χ2v) is 8.81. The van der Waals surface area contributed by atoms with Crippen molar-refractivity contribution in [1.29, 1.82) is 0 Å². The molecule has 1 unspecified atom stereocenters. The Morgan fingerprint density at radius 2 is 1.50 bits per heavy atom. The van der Waals surface area contributed by atoms with Gasteiger partial charge >= 0.3 is 0 Å². The third-order valence-corrected chi connectivity index (χ3v) is 6.04. The van der Waals surface area contributed by atoms with E-state index in [1.165, 1.54) is 11.8 Å². The Bertz CT molecular complexity index is 980. The number of hydrogen-bond donors (Lipinski definition) is 1. The molecule has 1 aliphatic carbocycles. The molecule has 30 heavy (non-hydrogen) atoms. The molecule has 4 nitrogen and oxygen atoms in total. The van der Waals surface area contributed by atoms with Crippen molar-refractivity contribution in [1.82, 2.24) is 0 Å². The van der Waals surface area contributed by atoms with E-state index in [9.17, 15) is 9.59 Å². The average molecular weight is 417 g/mol. The molecule has 2 amide bonds. The van der Waals surface area contributed by atoms with Gasteiger partial charge in [0.15, 0.2) is 0 Å². The van der Waals surface area contributed by atoms with Gasteiger partial charge in [0.05, 0.1) is 5.25 Å². The summed E-state index contributed by atoms with van der Waals surface area (Å²) >= 11 is 1.49. The number of carbonyl (C=O) groups is 2. The Labute approximate surface area is 181 Å². The van der Waals surface area contributed by atoms with Crippen LogP contribution < -0.4 is 10.2 Å². The maximum absolute atomic E-state index is 13.4. The van der Waals surface area contributed by atoms with E-state index in [4.69, 9.17) is 0 Å². The van der Waals surface area contributed by atoms with Crippen LogP contribution >= 0.6 is 11.8 Å². The molecule has 4 rings (SSSR count). The quantitative estimate of drug-likeness (QED) is 0.489. The lowest BCUT2D eigenvalue weighted by Crippen LogP contribution is -2.32. The van der Waals surface area contributed by atoms with Gasteiger partial charge in [0.1, 0.15) is 0 Å². The number of hydrogen-bond acceptors (Lipinski definition) is 3. The van der Waals surface area contributed by atoms with Crippen molar-refractivity contribution in [3.05, 3.63) is 84.9 Å². The van der Waals surface area contributed by atoms with Crippen LogP contribution in [0.25, 0.3) is 0 Å². The van der Waals surface area contributed by atoms with Crippen LogP contribution in [0.4, 0.5) is 17.1 Å². The van der Waals surface area contributed by atoms with E-state index in [1.54, 1.807) is 4.90 Å². The fourth-order valence-electron chi connectivity index (χ4n) is 3.23. The predicted octanol–water partition coefficient (Wildman–Crippen LogP) is 5.88. The van der Waals surface area contributed by atoms with Crippen molar-refractivity contribution >= 4 is 40.6 Å². The number of rotatable bonds is 7. The van der Waals surface area contributed by atoms with E-state index in [2.05, 4.69) is 5.32 Å². The molecular formula is C25H24N2O2S. The van der Waals surface area contributed by atoms with Gasteiger partial charge in [-0.2, -0.15) is 0 Å². The van der Waals surface area contributed by atoms with Gasteiger partial charge in [-0.15, -0.1) is 11.8 Å². The van der Waals surface area contributed by atoms with E-state index in [0.29, 0.717) is 0 Å². The van der Waals surface area contributed by atoms with Crippen LogP contribution in [0.3, 0.4) is 0 Å². The SMILES string of the molecule is CC(Sc1cccc(NC(=O)C2CC2)c1)C(=O)N(c1ccccc1)c1ccccc1. The molecule has 3 aromatic rings. The summed E-state index contributed by atoms with van der Waals surface area (Å²) in [6.45, 7) is 1.92. The zero-order chi connectivity index (χ0) is 20.9. The summed E-state index contributed by atoms with van der Waals surface area (Å²) < 4.78 is 0. The predicted molar refractivity (Wildman–Crippen MR) is 123 cm³/mol. The summed E-state index contributed by atoms with van der Waals surface area (Å²) in [5.41, 5.74) is 2.46. The van der Waals surface area contributed by atoms with E-state index < -0.39 is 0 Å². The van der Waals surface area contributed by atoms with Gasteiger partial charge in [-0.05, 0) is 62.2 Å². The first-order valence-corrected chi connectivity index (χ1v) is 11.0. The molecule has 0 radical (unpaired) electrons. The zero-order valence-electron chi connectivity index (χ0n) is 16.8. The summed E-state index contributed by atoms with van der Waals surface area (Å²) in [7, 11) is 0. The molecule has 152 valence electrons. The first-order valence-electron chi connectivity index (χ1n) is 10.1. The Morgan fingerprint density at radius 1 is 0.900 bits per heavy atom. The number of anilines is 3. The summed E-state index contributed by atoms with van der Waals surface area (Å²) in [5.74, 6) is 0.248. The van der Waals surface area contributed by atoms with Gasteiger partial charge in [-0.3, -0.25) is 14.5 Å². The second-order valence-electron chi connectivity index (χ2n) is 7.40. The largest absolute Gasteiger partial charge is 0.326 e. The molecule has 0 bridgehead atoms. The van der Waals surface area contributed by atoms with E-state index in [-0.39, 0.29) is 23.0 Å². The van der Waals surface area contributed by atoms with Gasteiger partial charge in [0.25, 0.3) is 0 Å². The first-order chi connectivity index (χ1) is 14.6. The van der Waals surface area contributed by atoms with E-state index >= 15 is 0 Å². The van der Waals surface area contributed by atoms with Crippen molar-refractivity contribution < 1.29 is 9.59 Å². The maximum atomic E-state index is 13.4. The monoisotopic (exact) mass is 416 g/mol. The Hall–Kier alpha value is -3.05. The standard InChI is InChI=1S/C25H24N2O2S/c1-18(30-23-14-8-9-20(17-23)26-24(28)19-15-16-19)25(29)27(21-10-4-2-5-11-21)22-12-6-3-7-13-22/h2-14,17-19H,15-16H2,1H3,(H,26,28). The molecule has 1 fully saturated rings. The van der Waals surface area contributed by atoms with Crippen LogP contribution in [0.1, 0.15) is 19.8 Å². The highest BCUT2D eigenvalue weighted by Gasteiger charge is 2.29. The van der Waals surface area contributed by atoms with Crippen LogP contribution in [0.5, 0.6) is 0 Å². The van der Waals surface area contributed by atoms with Crippen molar-refractivity contribution in [2.45, 2.75) is 29.9 Å². The van der Waals surface area contributed by atoms with E-state index in [0.717, 1.165) is 34.8 Å². The van der Waals surface area contributed by atoms with Crippen molar-refractivity contribution in [3.63, 3.8) is 0 Å². The molecule has 1 N–H and O–H groups in total. The number of benzene rings is 3. The van der Waals surface area contributed by atoms with Gasteiger partial charge in [-0.25, -0.2) is 0 Å². The van der Waals surface area contributed by atoms with Crippen molar-refractivity contribution in [2.75, 3.05) is 10.2 Å². The summed E-state index contributed by atoms with van der Waals surface area (Å²) in [4.78, 5) is 28.2. The first kappa shape index (κ1) is 20.2. The van der Waals surface area contributed by atoms with Crippen LogP contribution in [-0.4, -0.2) is 17.1 Å². The van der Waals surface area contributed by atoms with Crippen LogP contribution in [-0.2, 0) is 9.59 Å². The molecule has 1 aliphatic rings. The van der Waals surface area contributed by atoms with Gasteiger partial charge < -0.3 is 5.32 Å². The summed E-state index contributed by atoms with van der Waals surface area (Å²) in [6.07, 6.45) is 1.95. The van der Waals surface area contributed by atoms with Crippen LogP contribution in [0, 0.1) is 5.92 Å². The van der Waals surface area contributed by atoms with Gasteiger partial charge in [0, 0.05) is 27.9 Å². The zero-order valence-corrected chi connectivity index (χ0v) is 17.6. The summed E-state index contributed by atoms with van der Waals surface area (Å²) in [5, 5.41) is 2.67. The molecule has 5 heteroatoms. The number of thioether (sulfide) groups is 1. The molecule has 1 atom stereocenters. The van der Waals surface area contributed by atoms with Crippen molar-refractivity contribution in [3.8, 4) is 0 Å². The molecule has 0 aromatic heterocycles. The van der Waals surface area contributed by atoms with Crippen molar-refractivity contribution in [2.24, 2.45) is 5.92 Å². The van der Waals surface area contributed by atoms with Crippen LogP contribution in [0.2, 0.25) is 0 Å². The molecular weight excluding hydrogens is 392 g/mol. The molecule has 0 aliphatic heterocycles. The Kier molecular flexibility index (Phi) is 6.19. The third kappa shape index (κ3) is 4.92. The smallest absolute Gasteiger partial charge is 0.244 e. The van der Waals surface area contributed by atoms with Gasteiger partial charge in [-0.1, -0.05) is 42.5 Å². The average Bonchev–Trinajstić information content (AvgIpc) is 3.61. The Morgan fingerprint density at radius 3 is 2.07 bits per heavy atom.